The standard InChI is InChI=1S/C26H18ClNO6/c1-32-25(30)15-8-6-14(7-9-15)20-21-22(18-4-2-3-5-19(18)33-26(21)31)34-23(20)24(29)28-17-12-10-16(27)11-13-17/h2-13,20,23H,1H3,(H,28,29). The molecule has 0 bridgehead atoms. The minimum absolute atomic E-state index is 0.251. The fourth-order valence-corrected chi connectivity index (χ4v) is 4.24. The van der Waals surface area contributed by atoms with E-state index in [-0.39, 0.29) is 5.56 Å². The van der Waals surface area contributed by atoms with Crippen molar-refractivity contribution < 1.29 is 23.5 Å². The number of benzene rings is 3. The molecule has 0 saturated heterocycles. The van der Waals surface area contributed by atoms with Gasteiger partial charge < -0.3 is 19.2 Å². The Morgan fingerprint density at radius 1 is 0.971 bits per heavy atom. The molecule has 1 amide bonds. The van der Waals surface area contributed by atoms with E-state index in [1.54, 1.807) is 72.8 Å². The van der Waals surface area contributed by atoms with Gasteiger partial charge in [-0.1, -0.05) is 35.9 Å². The molecule has 1 aromatic heterocycles. The molecule has 5 rings (SSSR count). The van der Waals surface area contributed by atoms with E-state index in [1.165, 1.54) is 7.11 Å². The summed E-state index contributed by atoms with van der Waals surface area (Å²) < 4.78 is 16.4. The lowest BCUT2D eigenvalue weighted by atomic mass is 9.87. The van der Waals surface area contributed by atoms with Crippen LogP contribution in [0.3, 0.4) is 0 Å². The Kier molecular flexibility index (Phi) is 5.55. The van der Waals surface area contributed by atoms with E-state index in [1.807, 2.05) is 0 Å². The lowest BCUT2D eigenvalue weighted by molar-refractivity contribution is -0.122. The number of carbonyl (C=O) groups excluding carboxylic acids is 2. The number of hydrogen-bond donors (Lipinski definition) is 1. The number of nitrogens with one attached hydrogen (secondary N) is 1. The van der Waals surface area contributed by atoms with Crippen LogP contribution >= 0.6 is 11.6 Å². The summed E-state index contributed by atoms with van der Waals surface area (Å²) in [6, 6.07) is 20.2. The molecular formula is C26H18ClNO6. The number of halogens is 1. The molecule has 170 valence electrons. The van der Waals surface area contributed by atoms with Gasteiger partial charge in [0.2, 0.25) is 0 Å². The highest BCUT2D eigenvalue weighted by molar-refractivity contribution is 6.30. The third-order valence-corrected chi connectivity index (χ3v) is 5.97. The van der Waals surface area contributed by atoms with Crippen molar-refractivity contribution in [3.05, 3.63) is 105 Å². The van der Waals surface area contributed by atoms with E-state index in [2.05, 4.69) is 5.32 Å². The number of amides is 1. The number of methoxy groups -OCH3 is 1. The monoisotopic (exact) mass is 475 g/mol. The zero-order valence-electron chi connectivity index (χ0n) is 17.9. The second kappa shape index (κ2) is 8.68. The van der Waals surface area contributed by atoms with Crippen LogP contribution in [-0.2, 0) is 9.53 Å². The van der Waals surface area contributed by atoms with Gasteiger partial charge in [-0.3, -0.25) is 4.79 Å². The molecule has 8 heteroatoms. The third-order valence-electron chi connectivity index (χ3n) is 5.72. The van der Waals surface area contributed by atoms with E-state index >= 15 is 0 Å². The quantitative estimate of drug-likeness (QED) is 0.337. The third kappa shape index (κ3) is 3.80. The summed E-state index contributed by atoms with van der Waals surface area (Å²) >= 11 is 5.94. The van der Waals surface area contributed by atoms with Crippen molar-refractivity contribution in [1.82, 2.24) is 0 Å². The van der Waals surface area contributed by atoms with E-state index < -0.39 is 29.5 Å². The molecule has 0 fully saturated rings. The van der Waals surface area contributed by atoms with Crippen molar-refractivity contribution >= 4 is 40.1 Å². The molecule has 7 nitrogen and oxygen atoms in total. The maximum Gasteiger partial charge on any atom is 0.344 e. The van der Waals surface area contributed by atoms with E-state index in [0.29, 0.717) is 38.6 Å². The summed E-state index contributed by atoms with van der Waals surface area (Å²) in [5.41, 5.74) is 1.53. The predicted molar refractivity (Wildman–Crippen MR) is 127 cm³/mol. The number of fused-ring (bicyclic) bond motifs is 3. The van der Waals surface area contributed by atoms with Gasteiger partial charge >= 0.3 is 11.6 Å². The van der Waals surface area contributed by atoms with Crippen LogP contribution in [0.1, 0.15) is 27.4 Å². The molecule has 1 aliphatic heterocycles. The Morgan fingerprint density at radius 2 is 1.68 bits per heavy atom. The molecule has 2 heterocycles. The van der Waals surface area contributed by atoms with Gasteiger partial charge in [-0.2, -0.15) is 0 Å². The Bertz CT molecular complexity index is 1460. The molecule has 1 aliphatic rings. The molecule has 3 aromatic carbocycles. The maximum absolute atomic E-state index is 13.3. The smallest absolute Gasteiger partial charge is 0.344 e. The number of esters is 1. The Balaban J connectivity index is 1.60. The largest absolute Gasteiger partial charge is 0.478 e. The van der Waals surface area contributed by atoms with Crippen LogP contribution in [0.15, 0.2) is 82.0 Å². The molecule has 1 N–H and O–H groups in total. The van der Waals surface area contributed by atoms with Crippen molar-refractivity contribution in [2.45, 2.75) is 12.0 Å². The van der Waals surface area contributed by atoms with Crippen molar-refractivity contribution in [2.75, 3.05) is 12.4 Å². The molecule has 34 heavy (non-hydrogen) atoms. The average molecular weight is 476 g/mol. The van der Waals surface area contributed by atoms with Gasteiger partial charge in [-0.15, -0.1) is 0 Å². The van der Waals surface area contributed by atoms with Gasteiger partial charge in [-0.25, -0.2) is 9.59 Å². The minimum atomic E-state index is -1.05. The van der Waals surface area contributed by atoms with Crippen LogP contribution in [0.4, 0.5) is 5.69 Å². The first kappa shape index (κ1) is 21.7. The van der Waals surface area contributed by atoms with Crippen molar-refractivity contribution in [1.29, 1.82) is 0 Å². The van der Waals surface area contributed by atoms with Crippen molar-refractivity contribution in [3.63, 3.8) is 0 Å². The van der Waals surface area contributed by atoms with E-state index in [4.69, 9.17) is 25.5 Å². The fourth-order valence-electron chi connectivity index (χ4n) is 4.11. The van der Waals surface area contributed by atoms with Gasteiger partial charge in [0.15, 0.2) is 6.10 Å². The number of hydrogen-bond acceptors (Lipinski definition) is 6. The Labute approximate surface area is 198 Å². The highest BCUT2D eigenvalue weighted by Crippen LogP contribution is 2.44. The zero-order valence-corrected chi connectivity index (χ0v) is 18.7. The summed E-state index contributed by atoms with van der Waals surface area (Å²) in [4.78, 5) is 38.2. The zero-order chi connectivity index (χ0) is 23.8. The van der Waals surface area contributed by atoms with Crippen LogP contribution in [0, 0.1) is 0 Å². The van der Waals surface area contributed by atoms with Crippen LogP contribution in [0.2, 0.25) is 5.02 Å². The summed E-state index contributed by atoms with van der Waals surface area (Å²) in [7, 11) is 1.30. The normalized spacial score (nSPS) is 16.5. The lowest BCUT2D eigenvalue weighted by Gasteiger charge is -2.19. The van der Waals surface area contributed by atoms with Gasteiger partial charge in [0.05, 0.1) is 29.5 Å². The molecular weight excluding hydrogens is 458 g/mol. The average Bonchev–Trinajstić information content (AvgIpc) is 3.27. The lowest BCUT2D eigenvalue weighted by Crippen LogP contribution is -2.35. The molecule has 0 aliphatic carbocycles. The van der Waals surface area contributed by atoms with Crippen LogP contribution in [0.5, 0.6) is 5.75 Å². The van der Waals surface area contributed by atoms with Gasteiger partial charge in [-0.05, 0) is 54.1 Å². The number of rotatable bonds is 4. The first-order valence-electron chi connectivity index (χ1n) is 10.4. The topological polar surface area (TPSA) is 94.8 Å². The fraction of sp³-hybridized carbons (Fsp3) is 0.115. The second-order valence-electron chi connectivity index (χ2n) is 7.75. The highest BCUT2D eigenvalue weighted by atomic mass is 35.5. The number of para-hydroxylation sites is 1. The summed E-state index contributed by atoms with van der Waals surface area (Å²) in [5.74, 6) is -1.37. The van der Waals surface area contributed by atoms with Crippen molar-refractivity contribution in [3.8, 4) is 5.75 Å². The molecule has 0 radical (unpaired) electrons. The number of anilines is 1. The second-order valence-corrected chi connectivity index (χ2v) is 8.19. The van der Waals surface area contributed by atoms with Crippen LogP contribution in [-0.4, -0.2) is 25.1 Å². The highest BCUT2D eigenvalue weighted by Gasteiger charge is 2.44. The summed E-state index contributed by atoms with van der Waals surface area (Å²) in [6.07, 6.45) is -1.05. The van der Waals surface area contributed by atoms with Gasteiger partial charge in [0.25, 0.3) is 5.91 Å². The first-order valence-corrected chi connectivity index (χ1v) is 10.8. The minimum Gasteiger partial charge on any atom is -0.478 e. The summed E-state index contributed by atoms with van der Waals surface area (Å²) in [5, 5.41) is 3.95. The maximum atomic E-state index is 13.3. The Hall–Kier alpha value is -4.10. The van der Waals surface area contributed by atoms with Gasteiger partial charge in [0, 0.05) is 10.7 Å². The van der Waals surface area contributed by atoms with Gasteiger partial charge in [0.1, 0.15) is 11.3 Å². The van der Waals surface area contributed by atoms with E-state index in [9.17, 15) is 14.4 Å². The molecule has 0 spiro atoms. The van der Waals surface area contributed by atoms with Crippen molar-refractivity contribution in [2.24, 2.45) is 0 Å². The SMILES string of the molecule is COC(=O)c1ccc(C2c3c(c4ccccc4oc3=O)OC2C(=O)Nc2ccc(Cl)cc2)cc1. The van der Waals surface area contributed by atoms with Crippen LogP contribution in [0.25, 0.3) is 11.0 Å². The predicted octanol–water partition coefficient (Wildman–Crippen LogP) is 4.76. The number of carbonyl (C=O) groups is 2. The van der Waals surface area contributed by atoms with E-state index in [0.717, 1.165) is 0 Å². The molecule has 4 aromatic rings. The van der Waals surface area contributed by atoms with Crippen LogP contribution < -0.4 is 15.7 Å². The molecule has 0 saturated carbocycles. The number of ether oxygens (including phenoxy) is 2. The summed E-state index contributed by atoms with van der Waals surface area (Å²) in [6.45, 7) is 0. The first-order chi connectivity index (χ1) is 16.5. The molecule has 2 atom stereocenters. The molecule has 2 unspecified atom stereocenters. The Morgan fingerprint density at radius 3 is 2.38 bits per heavy atom.